The number of nitrogens with zero attached hydrogens (tertiary/aromatic N) is 2. The van der Waals surface area contributed by atoms with E-state index in [9.17, 15) is 4.39 Å². The molecule has 0 aliphatic carbocycles. The zero-order valence-corrected chi connectivity index (χ0v) is 11.5. The molecule has 1 unspecified atom stereocenters. The Morgan fingerprint density at radius 2 is 2.30 bits per heavy atom. The number of nitrogens with one attached hydrogen (secondary N) is 1. The second-order valence-corrected chi connectivity index (χ2v) is 4.15. The Bertz CT molecular complexity index is 591. The van der Waals surface area contributed by atoms with Crippen molar-refractivity contribution in [2.45, 2.75) is 13.0 Å². The molecule has 104 valence electrons. The van der Waals surface area contributed by atoms with Gasteiger partial charge < -0.3 is 10.5 Å². The normalized spacial score (nSPS) is 13.6. The Morgan fingerprint density at radius 3 is 2.85 bits per heavy atom. The maximum Gasteiger partial charge on any atom is 0.160 e. The predicted octanol–water partition coefficient (Wildman–Crippen LogP) is 3.75. The number of allylic oxidation sites excluding steroid dienone is 3. The van der Waals surface area contributed by atoms with Crippen LogP contribution in [0.3, 0.4) is 0 Å². The second kappa shape index (κ2) is 7.97. The molecule has 1 rings (SSSR count). The lowest BCUT2D eigenvalue weighted by molar-refractivity contribution is 0.318. The minimum absolute atomic E-state index is 0.0568. The summed E-state index contributed by atoms with van der Waals surface area (Å²) >= 11 is 5.66. The van der Waals surface area contributed by atoms with Crippen molar-refractivity contribution in [2.75, 3.05) is 5.32 Å². The number of halogens is 2. The van der Waals surface area contributed by atoms with Gasteiger partial charge in [0.1, 0.15) is 11.5 Å². The van der Waals surface area contributed by atoms with Crippen molar-refractivity contribution in [1.82, 2.24) is 0 Å². The van der Waals surface area contributed by atoms with E-state index in [2.05, 4.69) is 10.5 Å². The third-order valence-electron chi connectivity index (χ3n) is 2.34. The van der Waals surface area contributed by atoms with Crippen LogP contribution in [0.4, 0.5) is 10.1 Å². The first-order valence-electron chi connectivity index (χ1n) is 5.75. The summed E-state index contributed by atoms with van der Waals surface area (Å²) in [6.45, 7) is 1.83. The van der Waals surface area contributed by atoms with Gasteiger partial charge in [-0.05, 0) is 31.2 Å². The molecule has 1 aromatic rings. The van der Waals surface area contributed by atoms with Gasteiger partial charge in [-0.2, -0.15) is 5.26 Å². The largest absolute Gasteiger partial charge is 0.411 e. The smallest absolute Gasteiger partial charge is 0.160 e. The summed E-state index contributed by atoms with van der Waals surface area (Å²) in [5.41, 5.74) is 0.578. The van der Waals surface area contributed by atoms with E-state index < -0.39 is 11.9 Å². The molecule has 2 N–H and O–H groups in total. The molecule has 0 heterocycles. The van der Waals surface area contributed by atoms with Crippen LogP contribution in [0.5, 0.6) is 0 Å². The molecule has 0 fully saturated rings. The van der Waals surface area contributed by atoms with Crippen molar-refractivity contribution >= 4 is 23.0 Å². The molecule has 6 heteroatoms. The molecule has 0 aliphatic heterocycles. The van der Waals surface area contributed by atoms with E-state index in [1.54, 1.807) is 18.2 Å². The van der Waals surface area contributed by atoms with Gasteiger partial charge in [-0.15, -0.1) is 0 Å². The number of benzene rings is 1. The molecule has 0 spiro atoms. The zero-order valence-electron chi connectivity index (χ0n) is 10.7. The highest BCUT2D eigenvalue weighted by Crippen LogP contribution is 2.20. The van der Waals surface area contributed by atoms with Crippen LogP contribution in [-0.2, 0) is 0 Å². The third-order valence-corrected chi connectivity index (χ3v) is 2.63. The first kappa shape index (κ1) is 15.7. The molecule has 0 bridgehead atoms. The van der Waals surface area contributed by atoms with E-state index in [1.165, 1.54) is 24.3 Å². The highest BCUT2D eigenvalue weighted by Gasteiger charge is 2.14. The van der Waals surface area contributed by atoms with Crippen LogP contribution in [0.15, 0.2) is 47.7 Å². The van der Waals surface area contributed by atoms with Crippen LogP contribution in [0.25, 0.3) is 0 Å². The maximum atomic E-state index is 13.0. The molecular formula is C14H13ClFN3O. The fraction of sp³-hybridized carbons (Fsp3) is 0.143. The highest BCUT2D eigenvalue weighted by molar-refractivity contribution is 6.31. The van der Waals surface area contributed by atoms with Gasteiger partial charge in [0.25, 0.3) is 0 Å². The molecular weight excluding hydrogens is 281 g/mol. The van der Waals surface area contributed by atoms with Gasteiger partial charge in [0.15, 0.2) is 6.04 Å². The van der Waals surface area contributed by atoms with Crippen LogP contribution < -0.4 is 5.32 Å². The highest BCUT2D eigenvalue weighted by atomic mass is 35.5. The van der Waals surface area contributed by atoms with Gasteiger partial charge in [-0.3, -0.25) is 0 Å². The van der Waals surface area contributed by atoms with Gasteiger partial charge >= 0.3 is 0 Å². The standard InChI is InChI=1S/C14H13ClFN3O/c1-2-3-4-5-13(19-20)14(9-17)18-10-6-7-12(16)11(15)8-10/h2-8,14,18,20H,1H3/b3-2-,5-4-,19-13-. The average molecular weight is 294 g/mol. The second-order valence-electron chi connectivity index (χ2n) is 3.75. The lowest BCUT2D eigenvalue weighted by Crippen LogP contribution is -2.26. The molecule has 20 heavy (non-hydrogen) atoms. The summed E-state index contributed by atoms with van der Waals surface area (Å²) in [6.07, 6.45) is 6.65. The van der Waals surface area contributed by atoms with Crippen LogP contribution in [-0.4, -0.2) is 17.0 Å². The maximum absolute atomic E-state index is 13.0. The summed E-state index contributed by atoms with van der Waals surface area (Å²) in [7, 11) is 0. The predicted molar refractivity (Wildman–Crippen MR) is 77.6 cm³/mol. The minimum atomic E-state index is -0.886. The average Bonchev–Trinajstić information content (AvgIpc) is 2.45. The SMILES string of the molecule is C\C=C/C=C\C(=N\O)C(C#N)Nc1ccc(F)c(Cl)c1. The van der Waals surface area contributed by atoms with E-state index in [4.69, 9.17) is 22.1 Å². The molecule has 0 saturated carbocycles. The molecule has 0 amide bonds. The molecule has 0 saturated heterocycles. The lowest BCUT2D eigenvalue weighted by atomic mass is 10.1. The van der Waals surface area contributed by atoms with Crippen molar-refractivity contribution in [3.8, 4) is 6.07 Å². The fourth-order valence-electron chi connectivity index (χ4n) is 1.38. The van der Waals surface area contributed by atoms with Crippen molar-refractivity contribution in [3.63, 3.8) is 0 Å². The first-order chi connectivity index (χ1) is 9.62. The molecule has 0 aliphatic rings. The topological polar surface area (TPSA) is 68.4 Å². The Morgan fingerprint density at radius 1 is 1.55 bits per heavy atom. The van der Waals surface area contributed by atoms with E-state index in [0.29, 0.717) is 5.69 Å². The van der Waals surface area contributed by atoms with Gasteiger partial charge in [0, 0.05) is 5.69 Å². The number of hydrogen-bond acceptors (Lipinski definition) is 4. The lowest BCUT2D eigenvalue weighted by Gasteiger charge is -2.12. The number of rotatable bonds is 5. The summed E-state index contributed by atoms with van der Waals surface area (Å²) in [4.78, 5) is 0. The van der Waals surface area contributed by atoms with Crippen LogP contribution in [0.1, 0.15) is 6.92 Å². The summed E-state index contributed by atoms with van der Waals surface area (Å²) < 4.78 is 13.0. The Hall–Kier alpha value is -2.32. The Kier molecular flexibility index (Phi) is 6.27. The summed E-state index contributed by atoms with van der Waals surface area (Å²) in [5.74, 6) is -0.547. The summed E-state index contributed by atoms with van der Waals surface area (Å²) in [6, 6.07) is 5.04. The molecule has 0 aromatic heterocycles. The van der Waals surface area contributed by atoms with E-state index in [1.807, 2.05) is 13.0 Å². The Labute approximate surface area is 121 Å². The monoisotopic (exact) mass is 293 g/mol. The fourth-order valence-corrected chi connectivity index (χ4v) is 1.56. The number of oxime groups is 1. The molecule has 1 atom stereocenters. The molecule has 0 radical (unpaired) electrons. The zero-order chi connectivity index (χ0) is 15.0. The summed E-state index contributed by atoms with van der Waals surface area (Å²) in [5, 5.41) is 23.9. The number of hydrogen-bond donors (Lipinski definition) is 2. The number of nitriles is 1. The molecule has 4 nitrogen and oxygen atoms in total. The van der Waals surface area contributed by atoms with Crippen LogP contribution in [0, 0.1) is 17.1 Å². The van der Waals surface area contributed by atoms with E-state index in [0.717, 1.165) is 0 Å². The van der Waals surface area contributed by atoms with Crippen molar-refractivity contribution < 1.29 is 9.60 Å². The van der Waals surface area contributed by atoms with Crippen molar-refractivity contribution in [1.29, 1.82) is 5.26 Å². The Balaban J connectivity index is 2.90. The van der Waals surface area contributed by atoms with Crippen LogP contribution in [0.2, 0.25) is 5.02 Å². The number of anilines is 1. The first-order valence-corrected chi connectivity index (χ1v) is 6.12. The molecule has 1 aromatic carbocycles. The third kappa shape index (κ3) is 4.41. The van der Waals surface area contributed by atoms with Gasteiger partial charge in [-0.1, -0.05) is 35.0 Å². The van der Waals surface area contributed by atoms with E-state index in [-0.39, 0.29) is 10.7 Å². The van der Waals surface area contributed by atoms with Gasteiger partial charge in [0.05, 0.1) is 11.1 Å². The van der Waals surface area contributed by atoms with Crippen LogP contribution >= 0.6 is 11.6 Å². The van der Waals surface area contributed by atoms with Gasteiger partial charge in [-0.25, -0.2) is 4.39 Å². The van der Waals surface area contributed by atoms with Crippen molar-refractivity contribution in [2.24, 2.45) is 5.16 Å². The minimum Gasteiger partial charge on any atom is -0.411 e. The quantitative estimate of drug-likeness (QED) is 0.376. The van der Waals surface area contributed by atoms with Crippen molar-refractivity contribution in [3.05, 3.63) is 53.3 Å². The van der Waals surface area contributed by atoms with Gasteiger partial charge in [0.2, 0.25) is 0 Å². The van der Waals surface area contributed by atoms with E-state index >= 15 is 0 Å².